The summed E-state index contributed by atoms with van der Waals surface area (Å²) in [5.41, 5.74) is 1.29. The summed E-state index contributed by atoms with van der Waals surface area (Å²) in [5, 5.41) is 10.9. The summed E-state index contributed by atoms with van der Waals surface area (Å²) in [6.45, 7) is 0. The predicted molar refractivity (Wildman–Crippen MR) is 81.8 cm³/mol. The molecule has 2 saturated heterocycles. The van der Waals surface area contributed by atoms with Gasteiger partial charge in [-0.2, -0.15) is 5.10 Å². The molecule has 2 fully saturated rings. The highest BCUT2D eigenvalue weighted by Gasteiger charge is 2.34. The quantitative estimate of drug-likeness (QED) is 0.895. The molecule has 22 heavy (non-hydrogen) atoms. The standard InChI is InChI=1S/C16H19N5O/c22-16(20-13-8-11-2-3-12(9-13)19-11)15-10-14(4-6-17-15)21-7-1-5-18-21/h1,4-7,10-13,19H,2-3,8-9H2,(H,20,22). The van der Waals surface area contributed by atoms with Crippen molar-refractivity contribution >= 4 is 5.91 Å². The van der Waals surface area contributed by atoms with Gasteiger partial charge >= 0.3 is 0 Å². The van der Waals surface area contributed by atoms with Crippen LogP contribution in [0.25, 0.3) is 5.69 Å². The lowest BCUT2D eigenvalue weighted by molar-refractivity contribution is 0.0919. The normalized spacial score (nSPS) is 26.8. The second-order valence-electron chi connectivity index (χ2n) is 6.13. The molecule has 2 bridgehead atoms. The van der Waals surface area contributed by atoms with E-state index in [0.29, 0.717) is 17.8 Å². The smallest absolute Gasteiger partial charge is 0.270 e. The number of amides is 1. The number of carbonyl (C=O) groups excluding carboxylic acids is 1. The van der Waals surface area contributed by atoms with Crippen LogP contribution in [0.15, 0.2) is 36.8 Å². The number of rotatable bonds is 3. The fraction of sp³-hybridized carbons (Fsp3) is 0.438. The first kappa shape index (κ1) is 13.5. The second kappa shape index (κ2) is 5.53. The summed E-state index contributed by atoms with van der Waals surface area (Å²) in [4.78, 5) is 16.6. The first-order valence-corrected chi connectivity index (χ1v) is 7.81. The molecule has 2 aliphatic heterocycles. The van der Waals surface area contributed by atoms with Crippen LogP contribution in [0.4, 0.5) is 0 Å². The SMILES string of the molecule is O=C(NC1CC2CCC(C1)N2)c1cc(-n2cccn2)ccn1. The van der Waals surface area contributed by atoms with Crippen LogP contribution >= 0.6 is 0 Å². The van der Waals surface area contributed by atoms with Crippen molar-refractivity contribution in [3.8, 4) is 5.69 Å². The average Bonchev–Trinajstić information content (AvgIpc) is 3.17. The highest BCUT2D eigenvalue weighted by Crippen LogP contribution is 2.26. The Morgan fingerprint density at radius 3 is 2.82 bits per heavy atom. The van der Waals surface area contributed by atoms with E-state index in [-0.39, 0.29) is 11.9 Å². The van der Waals surface area contributed by atoms with Crippen molar-refractivity contribution < 1.29 is 4.79 Å². The predicted octanol–water partition coefficient (Wildman–Crippen LogP) is 1.28. The lowest BCUT2D eigenvalue weighted by atomic mass is 10.00. The molecular formula is C16H19N5O. The molecule has 4 rings (SSSR count). The van der Waals surface area contributed by atoms with Crippen LogP contribution in [0.5, 0.6) is 0 Å². The summed E-state index contributed by atoms with van der Waals surface area (Å²) < 4.78 is 1.73. The maximum absolute atomic E-state index is 12.4. The highest BCUT2D eigenvalue weighted by atomic mass is 16.1. The van der Waals surface area contributed by atoms with Gasteiger partial charge in [-0.3, -0.25) is 9.78 Å². The van der Waals surface area contributed by atoms with Crippen LogP contribution in [0, 0.1) is 0 Å². The maximum Gasteiger partial charge on any atom is 0.270 e. The maximum atomic E-state index is 12.4. The van der Waals surface area contributed by atoms with E-state index in [0.717, 1.165) is 18.5 Å². The number of nitrogens with one attached hydrogen (secondary N) is 2. The van der Waals surface area contributed by atoms with Gasteiger partial charge in [-0.15, -0.1) is 0 Å². The fourth-order valence-electron chi connectivity index (χ4n) is 3.54. The minimum Gasteiger partial charge on any atom is -0.348 e. The number of fused-ring (bicyclic) bond motifs is 2. The monoisotopic (exact) mass is 297 g/mol. The van der Waals surface area contributed by atoms with Gasteiger partial charge in [0.1, 0.15) is 5.69 Å². The topological polar surface area (TPSA) is 71.8 Å². The molecule has 1 amide bonds. The molecule has 2 aromatic heterocycles. The fourth-order valence-corrected chi connectivity index (χ4v) is 3.54. The minimum absolute atomic E-state index is 0.0969. The summed E-state index contributed by atoms with van der Waals surface area (Å²) in [6.07, 6.45) is 9.70. The molecule has 0 aliphatic carbocycles. The lowest BCUT2D eigenvalue weighted by Gasteiger charge is -2.29. The Bertz CT molecular complexity index is 657. The third-order valence-corrected chi connectivity index (χ3v) is 4.55. The van der Waals surface area contributed by atoms with Crippen LogP contribution in [-0.4, -0.2) is 38.8 Å². The number of aromatic nitrogens is 3. The van der Waals surface area contributed by atoms with E-state index in [4.69, 9.17) is 0 Å². The van der Waals surface area contributed by atoms with Crippen molar-refractivity contribution in [2.24, 2.45) is 0 Å². The van der Waals surface area contributed by atoms with Crippen molar-refractivity contribution in [2.75, 3.05) is 0 Å². The van der Waals surface area contributed by atoms with E-state index in [1.54, 1.807) is 23.1 Å². The molecule has 2 N–H and O–H groups in total. The zero-order chi connectivity index (χ0) is 14.9. The third-order valence-electron chi connectivity index (χ3n) is 4.55. The van der Waals surface area contributed by atoms with Gasteiger partial charge in [0.05, 0.1) is 5.69 Å². The molecule has 0 spiro atoms. The number of hydrogen-bond acceptors (Lipinski definition) is 4. The van der Waals surface area contributed by atoms with Crippen molar-refractivity contribution in [3.63, 3.8) is 0 Å². The number of hydrogen-bond donors (Lipinski definition) is 2. The molecule has 6 heteroatoms. The van der Waals surface area contributed by atoms with E-state index >= 15 is 0 Å². The molecule has 2 atom stereocenters. The van der Waals surface area contributed by atoms with Gasteiger partial charge in [0.15, 0.2) is 0 Å². The Morgan fingerprint density at radius 2 is 2.09 bits per heavy atom. The van der Waals surface area contributed by atoms with Crippen molar-refractivity contribution in [1.82, 2.24) is 25.4 Å². The molecule has 2 aliphatic rings. The van der Waals surface area contributed by atoms with Gasteiger partial charge in [-0.25, -0.2) is 4.68 Å². The first-order chi connectivity index (χ1) is 10.8. The van der Waals surface area contributed by atoms with Gasteiger partial charge in [-0.05, 0) is 43.9 Å². The average molecular weight is 297 g/mol. The second-order valence-corrected chi connectivity index (χ2v) is 6.13. The molecule has 6 nitrogen and oxygen atoms in total. The Balaban J connectivity index is 1.47. The molecule has 2 unspecified atom stereocenters. The first-order valence-electron chi connectivity index (χ1n) is 7.81. The largest absolute Gasteiger partial charge is 0.348 e. The number of piperidine rings is 1. The van der Waals surface area contributed by atoms with Crippen LogP contribution in [0.2, 0.25) is 0 Å². The summed E-state index contributed by atoms with van der Waals surface area (Å²) in [5.74, 6) is -0.0969. The Hall–Kier alpha value is -2.21. The van der Waals surface area contributed by atoms with E-state index in [9.17, 15) is 4.79 Å². The van der Waals surface area contributed by atoms with E-state index in [1.165, 1.54) is 12.8 Å². The molecule has 0 aromatic carbocycles. The summed E-state index contributed by atoms with van der Waals surface area (Å²) in [6, 6.07) is 6.85. The van der Waals surface area contributed by atoms with Gasteiger partial charge in [0, 0.05) is 36.7 Å². The zero-order valence-electron chi connectivity index (χ0n) is 12.3. The zero-order valence-corrected chi connectivity index (χ0v) is 12.3. The van der Waals surface area contributed by atoms with Gasteiger partial charge < -0.3 is 10.6 Å². The minimum atomic E-state index is -0.0969. The molecule has 114 valence electrons. The van der Waals surface area contributed by atoms with Gasteiger partial charge in [0.2, 0.25) is 0 Å². The van der Waals surface area contributed by atoms with Gasteiger partial charge in [0.25, 0.3) is 5.91 Å². The molecular weight excluding hydrogens is 278 g/mol. The van der Waals surface area contributed by atoms with E-state index in [2.05, 4.69) is 20.7 Å². The third kappa shape index (κ3) is 2.62. The summed E-state index contributed by atoms with van der Waals surface area (Å²) in [7, 11) is 0. The number of nitrogens with zero attached hydrogens (tertiary/aromatic N) is 3. The number of carbonyl (C=O) groups is 1. The number of pyridine rings is 1. The molecule has 0 saturated carbocycles. The Morgan fingerprint density at radius 1 is 1.27 bits per heavy atom. The lowest BCUT2D eigenvalue weighted by Crippen LogP contribution is -2.48. The van der Waals surface area contributed by atoms with Gasteiger partial charge in [-0.1, -0.05) is 0 Å². The van der Waals surface area contributed by atoms with Crippen molar-refractivity contribution in [3.05, 3.63) is 42.5 Å². The van der Waals surface area contributed by atoms with Crippen LogP contribution in [-0.2, 0) is 0 Å². The molecule has 0 radical (unpaired) electrons. The molecule has 4 heterocycles. The Labute approximate surface area is 128 Å². The van der Waals surface area contributed by atoms with Crippen LogP contribution in [0.1, 0.15) is 36.2 Å². The molecule has 2 aromatic rings. The van der Waals surface area contributed by atoms with Crippen molar-refractivity contribution in [1.29, 1.82) is 0 Å². The van der Waals surface area contributed by atoms with Crippen LogP contribution < -0.4 is 10.6 Å². The van der Waals surface area contributed by atoms with Crippen molar-refractivity contribution in [2.45, 2.75) is 43.8 Å². The van der Waals surface area contributed by atoms with E-state index in [1.807, 2.05) is 18.3 Å². The van der Waals surface area contributed by atoms with Crippen LogP contribution in [0.3, 0.4) is 0 Å². The summed E-state index contributed by atoms with van der Waals surface area (Å²) >= 11 is 0. The highest BCUT2D eigenvalue weighted by molar-refractivity contribution is 5.92. The Kier molecular flexibility index (Phi) is 3.38. The van der Waals surface area contributed by atoms with E-state index < -0.39 is 0 Å².